The van der Waals surface area contributed by atoms with Gasteiger partial charge in [-0.2, -0.15) is 0 Å². The number of amides is 1. The van der Waals surface area contributed by atoms with Gasteiger partial charge in [0, 0.05) is 18.3 Å². The highest BCUT2D eigenvalue weighted by molar-refractivity contribution is 5.81. The van der Waals surface area contributed by atoms with Gasteiger partial charge in [0.2, 0.25) is 0 Å². The SMILES string of the molecule is CC.Cc1ccc(CC(NC(=O)O)C(=O)OC(C)(C)C)cn1. The summed E-state index contributed by atoms with van der Waals surface area (Å²) in [7, 11) is 0. The topological polar surface area (TPSA) is 88.5 Å². The zero-order valence-electron chi connectivity index (χ0n) is 14.1. The summed E-state index contributed by atoms with van der Waals surface area (Å²) in [6.07, 6.45) is 0.561. The smallest absolute Gasteiger partial charge is 0.405 e. The molecule has 1 atom stereocenters. The molecule has 1 unspecified atom stereocenters. The van der Waals surface area contributed by atoms with Gasteiger partial charge in [-0.05, 0) is 39.3 Å². The normalized spacial score (nSPS) is 11.7. The number of ether oxygens (including phenoxy) is 1. The number of hydrogen-bond acceptors (Lipinski definition) is 4. The molecule has 1 amide bonds. The maximum Gasteiger partial charge on any atom is 0.405 e. The second-order valence-electron chi connectivity index (χ2n) is 5.55. The fourth-order valence-corrected chi connectivity index (χ4v) is 1.57. The number of nitrogens with one attached hydrogen (secondary N) is 1. The van der Waals surface area contributed by atoms with Crippen LogP contribution in [0.2, 0.25) is 0 Å². The van der Waals surface area contributed by atoms with Crippen LogP contribution in [0.3, 0.4) is 0 Å². The molecule has 1 aromatic rings. The van der Waals surface area contributed by atoms with Crippen molar-refractivity contribution in [1.29, 1.82) is 0 Å². The summed E-state index contributed by atoms with van der Waals surface area (Å²) in [6.45, 7) is 11.0. The quantitative estimate of drug-likeness (QED) is 0.835. The van der Waals surface area contributed by atoms with Crippen molar-refractivity contribution >= 4 is 12.1 Å². The number of aryl methyl sites for hydroxylation is 1. The number of carbonyl (C=O) groups excluding carboxylic acids is 1. The molecule has 0 aliphatic carbocycles. The summed E-state index contributed by atoms with van der Waals surface area (Å²) in [6, 6.07) is 2.67. The monoisotopic (exact) mass is 310 g/mol. The number of nitrogens with zero attached hydrogens (tertiary/aromatic N) is 1. The van der Waals surface area contributed by atoms with E-state index in [4.69, 9.17) is 9.84 Å². The van der Waals surface area contributed by atoms with Crippen molar-refractivity contribution in [3.8, 4) is 0 Å². The number of rotatable bonds is 4. The van der Waals surface area contributed by atoms with Gasteiger partial charge in [0.15, 0.2) is 0 Å². The number of hydrogen-bond donors (Lipinski definition) is 2. The van der Waals surface area contributed by atoms with Gasteiger partial charge in [-0.25, -0.2) is 9.59 Å². The minimum absolute atomic E-state index is 0.203. The van der Waals surface area contributed by atoms with E-state index in [1.807, 2.05) is 32.9 Å². The molecule has 0 aliphatic heterocycles. The van der Waals surface area contributed by atoms with E-state index >= 15 is 0 Å². The third-order valence-corrected chi connectivity index (χ3v) is 2.40. The highest BCUT2D eigenvalue weighted by Crippen LogP contribution is 2.11. The van der Waals surface area contributed by atoms with E-state index < -0.39 is 23.7 Å². The van der Waals surface area contributed by atoms with Crippen LogP contribution in [0.4, 0.5) is 4.79 Å². The molecule has 1 rings (SSSR count). The van der Waals surface area contributed by atoms with Crippen LogP contribution in [-0.2, 0) is 16.0 Å². The fourth-order valence-electron chi connectivity index (χ4n) is 1.57. The second-order valence-corrected chi connectivity index (χ2v) is 5.55. The highest BCUT2D eigenvalue weighted by Gasteiger charge is 2.26. The molecule has 0 aromatic carbocycles. The summed E-state index contributed by atoms with van der Waals surface area (Å²) in [4.78, 5) is 26.9. The Bertz CT molecular complexity index is 478. The molecule has 1 aromatic heterocycles. The molecule has 0 aliphatic rings. The van der Waals surface area contributed by atoms with Crippen molar-refractivity contribution < 1.29 is 19.4 Å². The average Bonchev–Trinajstić information content (AvgIpc) is 2.40. The number of esters is 1. The predicted octanol–water partition coefficient (Wildman–Crippen LogP) is 2.94. The predicted molar refractivity (Wildman–Crippen MR) is 84.8 cm³/mol. The molecular weight excluding hydrogens is 284 g/mol. The van der Waals surface area contributed by atoms with Crippen LogP contribution in [0.25, 0.3) is 0 Å². The number of carbonyl (C=O) groups is 2. The van der Waals surface area contributed by atoms with Gasteiger partial charge >= 0.3 is 12.1 Å². The van der Waals surface area contributed by atoms with Gasteiger partial charge in [-0.15, -0.1) is 0 Å². The molecule has 2 N–H and O–H groups in total. The van der Waals surface area contributed by atoms with E-state index in [0.717, 1.165) is 11.3 Å². The molecule has 0 bridgehead atoms. The third-order valence-electron chi connectivity index (χ3n) is 2.40. The minimum Gasteiger partial charge on any atom is -0.465 e. The van der Waals surface area contributed by atoms with Crippen LogP contribution in [0.5, 0.6) is 0 Å². The van der Waals surface area contributed by atoms with E-state index in [0.29, 0.717) is 0 Å². The van der Waals surface area contributed by atoms with Gasteiger partial charge in [0.05, 0.1) is 0 Å². The molecule has 124 valence electrons. The highest BCUT2D eigenvalue weighted by atomic mass is 16.6. The van der Waals surface area contributed by atoms with Crippen molar-refractivity contribution in [2.45, 2.75) is 59.6 Å². The summed E-state index contributed by atoms with van der Waals surface area (Å²) >= 11 is 0. The Kier molecular flexibility index (Phi) is 8.15. The molecule has 0 spiro atoms. The van der Waals surface area contributed by atoms with E-state index in [-0.39, 0.29) is 6.42 Å². The summed E-state index contributed by atoms with van der Waals surface area (Å²) in [5.41, 5.74) is 0.954. The number of pyridine rings is 1. The Balaban J connectivity index is 0.00000211. The molecule has 0 radical (unpaired) electrons. The molecule has 6 nitrogen and oxygen atoms in total. The molecule has 6 heteroatoms. The molecule has 0 saturated heterocycles. The fraction of sp³-hybridized carbons (Fsp3) is 0.562. The first kappa shape index (κ1) is 19.9. The first-order chi connectivity index (χ1) is 10.2. The summed E-state index contributed by atoms with van der Waals surface area (Å²) in [5, 5.41) is 11.0. The van der Waals surface area contributed by atoms with Crippen molar-refractivity contribution in [2.24, 2.45) is 0 Å². The zero-order chi connectivity index (χ0) is 17.3. The van der Waals surface area contributed by atoms with Gasteiger partial charge < -0.3 is 15.2 Å². The first-order valence-electron chi connectivity index (χ1n) is 7.31. The largest absolute Gasteiger partial charge is 0.465 e. The van der Waals surface area contributed by atoms with Crippen LogP contribution < -0.4 is 5.32 Å². The van der Waals surface area contributed by atoms with Crippen LogP contribution in [-0.4, -0.2) is 33.8 Å². The third kappa shape index (κ3) is 8.24. The molecule has 0 saturated carbocycles. The first-order valence-corrected chi connectivity index (χ1v) is 7.31. The lowest BCUT2D eigenvalue weighted by molar-refractivity contribution is -0.157. The van der Waals surface area contributed by atoms with E-state index in [2.05, 4.69) is 10.3 Å². The molecule has 1 heterocycles. The lowest BCUT2D eigenvalue weighted by Gasteiger charge is -2.24. The van der Waals surface area contributed by atoms with Crippen molar-refractivity contribution in [3.05, 3.63) is 29.6 Å². The zero-order valence-corrected chi connectivity index (χ0v) is 14.1. The Morgan fingerprint density at radius 2 is 1.91 bits per heavy atom. The van der Waals surface area contributed by atoms with Crippen molar-refractivity contribution in [2.75, 3.05) is 0 Å². The van der Waals surface area contributed by atoms with Gasteiger partial charge in [-0.3, -0.25) is 4.98 Å². The Morgan fingerprint density at radius 1 is 1.32 bits per heavy atom. The van der Waals surface area contributed by atoms with Gasteiger partial charge in [0.1, 0.15) is 11.6 Å². The second kappa shape index (κ2) is 9.02. The Labute approximate surface area is 131 Å². The van der Waals surface area contributed by atoms with Crippen LogP contribution in [0.1, 0.15) is 45.9 Å². The minimum atomic E-state index is -1.26. The molecule has 0 fully saturated rings. The van der Waals surface area contributed by atoms with E-state index in [1.165, 1.54) is 0 Å². The van der Waals surface area contributed by atoms with Gasteiger partial charge in [0.25, 0.3) is 0 Å². The van der Waals surface area contributed by atoms with Crippen LogP contribution >= 0.6 is 0 Å². The van der Waals surface area contributed by atoms with E-state index in [9.17, 15) is 9.59 Å². The summed E-state index contributed by atoms with van der Waals surface area (Å²) < 4.78 is 5.21. The molecular formula is C16H26N2O4. The summed E-state index contributed by atoms with van der Waals surface area (Å²) in [5.74, 6) is -0.597. The Morgan fingerprint density at radius 3 is 2.32 bits per heavy atom. The number of carboxylic acid groups (broad SMARTS) is 1. The standard InChI is InChI=1S/C14H20N2O4.C2H6/c1-9-5-6-10(8-15-9)7-11(16-13(18)19)12(17)20-14(2,3)4;1-2/h5-6,8,11,16H,7H2,1-4H3,(H,18,19);1-2H3. The Hall–Kier alpha value is -2.11. The van der Waals surface area contributed by atoms with E-state index in [1.54, 1.807) is 27.0 Å². The van der Waals surface area contributed by atoms with Gasteiger partial charge in [-0.1, -0.05) is 19.9 Å². The van der Waals surface area contributed by atoms with Crippen LogP contribution in [0.15, 0.2) is 18.3 Å². The number of aromatic nitrogens is 1. The van der Waals surface area contributed by atoms with Crippen LogP contribution in [0, 0.1) is 6.92 Å². The lowest BCUT2D eigenvalue weighted by atomic mass is 10.1. The van der Waals surface area contributed by atoms with Crippen molar-refractivity contribution in [3.63, 3.8) is 0 Å². The maximum absolute atomic E-state index is 12.0. The maximum atomic E-state index is 12.0. The molecule has 22 heavy (non-hydrogen) atoms. The average molecular weight is 310 g/mol. The van der Waals surface area contributed by atoms with Crippen molar-refractivity contribution in [1.82, 2.24) is 10.3 Å². The lowest BCUT2D eigenvalue weighted by Crippen LogP contribution is -2.45.